The van der Waals surface area contributed by atoms with E-state index in [1.54, 1.807) is 24.1 Å². The van der Waals surface area contributed by atoms with E-state index in [4.69, 9.17) is 4.74 Å². The third-order valence-corrected chi connectivity index (χ3v) is 2.84. The molecule has 0 aliphatic carbocycles. The number of likely N-dealkylation sites (N-methyl/N-ethyl adjacent to an activating group) is 1. The number of nitrogens with one attached hydrogen (secondary N) is 1. The Morgan fingerprint density at radius 1 is 1.50 bits per heavy atom. The lowest BCUT2D eigenvalue weighted by Gasteiger charge is -2.17. The van der Waals surface area contributed by atoms with E-state index in [0.29, 0.717) is 24.7 Å². The number of hydrogen-bond donors (Lipinski definition) is 1. The van der Waals surface area contributed by atoms with Gasteiger partial charge in [0.15, 0.2) is 0 Å². The third-order valence-electron chi connectivity index (χ3n) is 2.84. The van der Waals surface area contributed by atoms with E-state index in [1.165, 1.54) is 0 Å². The molecule has 1 amide bonds. The second-order valence-corrected chi connectivity index (χ2v) is 4.83. The maximum absolute atomic E-state index is 12.3. The van der Waals surface area contributed by atoms with Crippen molar-refractivity contribution in [1.29, 1.82) is 0 Å². The van der Waals surface area contributed by atoms with Gasteiger partial charge in [-0.1, -0.05) is 12.2 Å². The van der Waals surface area contributed by atoms with Gasteiger partial charge in [0, 0.05) is 19.2 Å². The number of aromatic nitrogens is 2. The minimum atomic E-state index is -0.0394. The number of hydrogen-bond acceptors (Lipinski definition) is 3. The van der Waals surface area contributed by atoms with Gasteiger partial charge in [-0.3, -0.25) is 4.79 Å². The van der Waals surface area contributed by atoms with E-state index in [-0.39, 0.29) is 5.91 Å². The van der Waals surface area contributed by atoms with Crippen LogP contribution < -0.4 is 4.74 Å². The highest BCUT2D eigenvalue weighted by Gasteiger charge is 2.13. The van der Waals surface area contributed by atoms with Crippen LogP contribution in [0, 0.1) is 0 Å². The summed E-state index contributed by atoms with van der Waals surface area (Å²) in [6.07, 6.45) is 0. The van der Waals surface area contributed by atoms with Gasteiger partial charge in [0.05, 0.1) is 17.6 Å². The van der Waals surface area contributed by atoms with Crippen molar-refractivity contribution in [2.45, 2.75) is 13.8 Å². The van der Waals surface area contributed by atoms with Gasteiger partial charge in [-0.15, -0.1) is 0 Å². The van der Waals surface area contributed by atoms with Gasteiger partial charge in [-0.2, -0.15) is 4.98 Å². The predicted molar refractivity (Wildman–Crippen MR) is 79.0 cm³/mol. The average molecular weight is 273 g/mol. The Kier molecular flexibility index (Phi) is 4.08. The molecule has 0 atom stereocenters. The summed E-state index contributed by atoms with van der Waals surface area (Å²) in [4.78, 5) is 21.2. The number of amides is 1. The number of carbonyl (C=O) groups excluding carboxylic acids is 1. The first kappa shape index (κ1) is 14.1. The Morgan fingerprint density at radius 3 is 2.90 bits per heavy atom. The van der Waals surface area contributed by atoms with Gasteiger partial charge in [-0.05, 0) is 32.0 Å². The summed E-state index contributed by atoms with van der Waals surface area (Å²) < 4.78 is 5.32. The fraction of sp³-hybridized carbons (Fsp3) is 0.333. The minimum Gasteiger partial charge on any atom is -0.465 e. The molecule has 0 saturated heterocycles. The quantitative estimate of drug-likeness (QED) is 0.852. The Bertz CT molecular complexity index is 646. The molecule has 0 bridgehead atoms. The van der Waals surface area contributed by atoms with E-state index < -0.39 is 0 Å². The number of H-pyrrole nitrogens is 1. The molecule has 1 aromatic heterocycles. The number of rotatable bonds is 5. The largest absolute Gasteiger partial charge is 0.465 e. The predicted octanol–water partition coefficient (Wildman–Crippen LogP) is 2.61. The third kappa shape index (κ3) is 2.99. The molecule has 0 unspecified atom stereocenters. The van der Waals surface area contributed by atoms with Crippen LogP contribution >= 0.6 is 0 Å². The number of imidazole rings is 1. The van der Waals surface area contributed by atoms with Crippen LogP contribution in [0.25, 0.3) is 11.0 Å². The number of benzene rings is 1. The van der Waals surface area contributed by atoms with E-state index in [2.05, 4.69) is 16.5 Å². The second-order valence-electron chi connectivity index (χ2n) is 4.83. The number of aromatic amines is 1. The van der Waals surface area contributed by atoms with Gasteiger partial charge in [0.2, 0.25) is 0 Å². The van der Waals surface area contributed by atoms with Crippen LogP contribution in [0.15, 0.2) is 30.4 Å². The summed E-state index contributed by atoms with van der Waals surface area (Å²) in [5.74, 6) is -0.0394. The fourth-order valence-corrected chi connectivity index (χ4v) is 2.02. The SMILES string of the molecule is C=C(C)CN(C)C(=O)c1ccc2nc(OCC)[nH]c2c1. The van der Waals surface area contributed by atoms with Crippen LogP contribution in [0.2, 0.25) is 0 Å². The van der Waals surface area contributed by atoms with Gasteiger partial charge < -0.3 is 14.6 Å². The summed E-state index contributed by atoms with van der Waals surface area (Å²) in [6, 6.07) is 5.86. The van der Waals surface area contributed by atoms with Crippen molar-refractivity contribution < 1.29 is 9.53 Å². The second kappa shape index (κ2) is 5.77. The topological polar surface area (TPSA) is 58.2 Å². The summed E-state index contributed by atoms with van der Waals surface area (Å²) in [5.41, 5.74) is 3.14. The number of carbonyl (C=O) groups is 1. The Labute approximate surface area is 118 Å². The molecule has 0 spiro atoms. The molecule has 20 heavy (non-hydrogen) atoms. The monoisotopic (exact) mass is 273 g/mol. The maximum atomic E-state index is 12.3. The highest BCUT2D eigenvalue weighted by atomic mass is 16.5. The highest BCUT2D eigenvalue weighted by Crippen LogP contribution is 2.18. The van der Waals surface area contributed by atoms with E-state index >= 15 is 0 Å². The van der Waals surface area contributed by atoms with Gasteiger partial charge >= 0.3 is 0 Å². The number of fused-ring (bicyclic) bond motifs is 1. The van der Waals surface area contributed by atoms with Crippen molar-refractivity contribution in [2.75, 3.05) is 20.2 Å². The van der Waals surface area contributed by atoms with Crippen molar-refractivity contribution >= 4 is 16.9 Å². The van der Waals surface area contributed by atoms with E-state index in [9.17, 15) is 4.79 Å². The summed E-state index contributed by atoms with van der Waals surface area (Å²) in [5, 5.41) is 0. The Morgan fingerprint density at radius 2 is 2.25 bits per heavy atom. The van der Waals surface area contributed by atoms with Crippen LogP contribution in [-0.2, 0) is 0 Å². The zero-order valence-corrected chi connectivity index (χ0v) is 12.1. The van der Waals surface area contributed by atoms with Crippen molar-refractivity contribution in [2.24, 2.45) is 0 Å². The number of nitrogens with zero attached hydrogens (tertiary/aromatic N) is 2. The molecule has 0 saturated carbocycles. The molecular formula is C15H19N3O2. The normalized spacial score (nSPS) is 10.6. The molecule has 2 rings (SSSR count). The average Bonchev–Trinajstić information content (AvgIpc) is 2.78. The lowest BCUT2D eigenvalue weighted by atomic mass is 10.1. The molecule has 0 aliphatic heterocycles. The molecule has 5 heteroatoms. The lowest BCUT2D eigenvalue weighted by molar-refractivity contribution is 0.0807. The molecule has 0 fully saturated rings. The molecular weight excluding hydrogens is 254 g/mol. The van der Waals surface area contributed by atoms with Gasteiger partial charge in [-0.25, -0.2) is 0 Å². The van der Waals surface area contributed by atoms with E-state index in [1.807, 2.05) is 19.9 Å². The standard InChI is InChI=1S/C15H19N3O2/c1-5-20-15-16-12-7-6-11(8-13(12)17-15)14(19)18(4)9-10(2)3/h6-8H,2,5,9H2,1,3-4H3,(H,16,17). The first-order valence-corrected chi connectivity index (χ1v) is 6.53. The molecule has 1 N–H and O–H groups in total. The fourth-order valence-electron chi connectivity index (χ4n) is 2.02. The van der Waals surface area contributed by atoms with Crippen molar-refractivity contribution in [3.8, 4) is 6.01 Å². The smallest absolute Gasteiger partial charge is 0.294 e. The molecule has 0 aliphatic rings. The van der Waals surface area contributed by atoms with Crippen LogP contribution in [0.4, 0.5) is 0 Å². The van der Waals surface area contributed by atoms with Crippen LogP contribution in [-0.4, -0.2) is 41.0 Å². The molecule has 5 nitrogen and oxygen atoms in total. The zero-order valence-electron chi connectivity index (χ0n) is 12.1. The molecule has 2 aromatic rings. The van der Waals surface area contributed by atoms with Crippen LogP contribution in [0.1, 0.15) is 24.2 Å². The first-order valence-electron chi connectivity index (χ1n) is 6.53. The lowest BCUT2D eigenvalue weighted by Crippen LogP contribution is -2.28. The highest BCUT2D eigenvalue weighted by molar-refractivity contribution is 5.97. The van der Waals surface area contributed by atoms with Crippen LogP contribution in [0.5, 0.6) is 6.01 Å². The first-order chi connectivity index (χ1) is 9.51. The molecule has 1 aromatic carbocycles. The Balaban J connectivity index is 2.26. The van der Waals surface area contributed by atoms with E-state index in [0.717, 1.165) is 16.6 Å². The molecule has 1 heterocycles. The number of ether oxygens (including phenoxy) is 1. The van der Waals surface area contributed by atoms with Crippen molar-refractivity contribution in [1.82, 2.24) is 14.9 Å². The summed E-state index contributed by atoms with van der Waals surface area (Å²) in [6.45, 7) is 8.71. The van der Waals surface area contributed by atoms with Crippen LogP contribution in [0.3, 0.4) is 0 Å². The van der Waals surface area contributed by atoms with Gasteiger partial charge in [0.1, 0.15) is 0 Å². The Hall–Kier alpha value is -2.30. The zero-order chi connectivity index (χ0) is 14.7. The minimum absolute atomic E-state index is 0.0394. The van der Waals surface area contributed by atoms with Gasteiger partial charge in [0.25, 0.3) is 11.9 Å². The van der Waals surface area contributed by atoms with Crippen molar-refractivity contribution in [3.63, 3.8) is 0 Å². The molecule has 106 valence electrons. The summed E-state index contributed by atoms with van der Waals surface area (Å²) in [7, 11) is 1.76. The summed E-state index contributed by atoms with van der Waals surface area (Å²) >= 11 is 0. The molecule has 0 radical (unpaired) electrons. The maximum Gasteiger partial charge on any atom is 0.294 e. The van der Waals surface area contributed by atoms with Crippen molar-refractivity contribution in [3.05, 3.63) is 35.9 Å².